The second kappa shape index (κ2) is 6.46. The first-order valence-electron chi connectivity index (χ1n) is 9.84. The highest BCUT2D eigenvalue weighted by Crippen LogP contribution is 2.49. The number of aromatic amines is 1. The predicted molar refractivity (Wildman–Crippen MR) is 97.8 cm³/mol. The molecule has 4 rings (SSSR count). The van der Waals surface area contributed by atoms with Crippen LogP contribution in [0.15, 0.2) is 9.59 Å². The van der Waals surface area contributed by atoms with Gasteiger partial charge in [0.2, 0.25) is 0 Å². The topological polar surface area (TPSA) is 72.7 Å². The van der Waals surface area contributed by atoms with Crippen molar-refractivity contribution in [3.8, 4) is 0 Å². The molecule has 2 aliphatic rings. The van der Waals surface area contributed by atoms with Crippen molar-refractivity contribution in [2.24, 2.45) is 17.8 Å². The minimum atomic E-state index is -0.223. The first-order valence-corrected chi connectivity index (χ1v) is 9.84. The zero-order chi connectivity index (χ0) is 17.6. The summed E-state index contributed by atoms with van der Waals surface area (Å²) < 4.78 is 3.03. The average Bonchev–Trinajstić information content (AvgIpc) is 3.31. The van der Waals surface area contributed by atoms with Gasteiger partial charge >= 0.3 is 5.69 Å². The van der Waals surface area contributed by atoms with E-state index in [2.05, 4.69) is 4.98 Å². The lowest BCUT2D eigenvalue weighted by molar-refractivity contribution is 0.327. The Balaban J connectivity index is 1.75. The van der Waals surface area contributed by atoms with Crippen molar-refractivity contribution in [2.75, 3.05) is 0 Å². The summed E-state index contributed by atoms with van der Waals surface area (Å²) in [5.41, 5.74) is 0.599. The van der Waals surface area contributed by atoms with E-state index in [1.807, 2.05) is 13.8 Å². The third-order valence-electron chi connectivity index (χ3n) is 6.14. The molecule has 0 aromatic carbocycles. The van der Waals surface area contributed by atoms with Crippen molar-refractivity contribution < 1.29 is 0 Å². The molecule has 0 spiro atoms. The largest absolute Gasteiger partial charge is 0.336 e. The summed E-state index contributed by atoms with van der Waals surface area (Å²) >= 11 is 0. The summed E-state index contributed by atoms with van der Waals surface area (Å²) in [5, 5.41) is 0. The zero-order valence-corrected chi connectivity index (χ0v) is 15.3. The van der Waals surface area contributed by atoms with E-state index >= 15 is 0 Å². The smallest absolute Gasteiger partial charge is 0.332 e. The van der Waals surface area contributed by atoms with Crippen LogP contribution in [0.3, 0.4) is 0 Å². The number of imidazole rings is 1. The molecule has 2 heterocycles. The Kier molecular flexibility index (Phi) is 4.29. The number of fused-ring (bicyclic) bond motifs is 3. The summed E-state index contributed by atoms with van der Waals surface area (Å²) in [6, 6.07) is 0. The number of rotatable bonds is 6. The molecular formula is C19H28N4O2. The minimum absolute atomic E-state index is 0.221. The fourth-order valence-corrected chi connectivity index (χ4v) is 5.03. The van der Waals surface area contributed by atoms with E-state index in [4.69, 9.17) is 4.98 Å². The van der Waals surface area contributed by atoms with Crippen molar-refractivity contribution in [3.63, 3.8) is 0 Å². The van der Waals surface area contributed by atoms with E-state index in [9.17, 15) is 9.59 Å². The molecule has 2 aromatic heterocycles. The molecule has 2 saturated carbocycles. The van der Waals surface area contributed by atoms with Crippen molar-refractivity contribution in [2.45, 2.75) is 71.9 Å². The van der Waals surface area contributed by atoms with Crippen LogP contribution in [-0.2, 0) is 19.5 Å². The molecule has 6 heteroatoms. The maximum Gasteiger partial charge on any atom is 0.332 e. The van der Waals surface area contributed by atoms with Crippen LogP contribution in [0.25, 0.3) is 11.2 Å². The molecule has 2 bridgehead atoms. The summed E-state index contributed by atoms with van der Waals surface area (Å²) in [7, 11) is 0. The van der Waals surface area contributed by atoms with Crippen molar-refractivity contribution >= 4 is 11.2 Å². The number of hydrogen-bond donors (Lipinski definition) is 1. The maximum atomic E-state index is 12.8. The third kappa shape index (κ3) is 2.75. The Morgan fingerprint density at radius 1 is 1.08 bits per heavy atom. The van der Waals surface area contributed by atoms with Crippen molar-refractivity contribution in [1.29, 1.82) is 0 Å². The van der Waals surface area contributed by atoms with Crippen LogP contribution in [0, 0.1) is 17.8 Å². The van der Waals surface area contributed by atoms with Gasteiger partial charge in [-0.05, 0) is 49.9 Å². The van der Waals surface area contributed by atoms with Crippen molar-refractivity contribution in [1.82, 2.24) is 19.1 Å². The summed E-state index contributed by atoms with van der Waals surface area (Å²) in [6.45, 7) is 5.07. The van der Waals surface area contributed by atoms with Gasteiger partial charge in [0.25, 0.3) is 5.56 Å². The van der Waals surface area contributed by atoms with Crippen LogP contribution in [0.2, 0.25) is 0 Å². The molecule has 1 unspecified atom stereocenters. The summed E-state index contributed by atoms with van der Waals surface area (Å²) in [6.07, 6.45) is 7.91. The van der Waals surface area contributed by atoms with Gasteiger partial charge in [0.05, 0.1) is 0 Å². The molecule has 0 aliphatic heterocycles. The average molecular weight is 344 g/mol. The first kappa shape index (κ1) is 16.6. The Bertz CT molecular complexity index is 891. The van der Waals surface area contributed by atoms with Gasteiger partial charge in [0.1, 0.15) is 11.3 Å². The number of aromatic nitrogens is 4. The lowest BCUT2D eigenvalue weighted by Crippen LogP contribution is -2.40. The van der Waals surface area contributed by atoms with Gasteiger partial charge < -0.3 is 4.98 Å². The van der Waals surface area contributed by atoms with Crippen LogP contribution in [0.1, 0.15) is 58.2 Å². The molecule has 136 valence electrons. The zero-order valence-electron chi connectivity index (χ0n) is 15.3. The van der Waals surface area contributed by atoms with E-state index in [0.717, 1.165) is 36.9 Å². The van der Waals surface area contributed by atoms with E-state index in [1.54, 1.807) is 4.57 Å². The molecule has 3 atom stereocenters. The molecule has 6 nitrogen and oxygen atoms in total. The van der Waals surface area contributed by atoms with Gasteiger partial charge in [-0.2, -0.15) is 0 Å². The lowest BCUT2D eigenvalue weighted by Gasteiger charge is -2.20. The quantitative estimate of drug-likeness (QED) is 0.875. The number of aryl methyl sites for hydroxylation is 1. The molecule has 2 aromatic rings. The molecule has 0 radical (unpaired) electrons. The number of nitrogens with one attached hydrogen (secondary N) is 1. The SMILES string of the molecule is CCCn1c(=O)c2[nH]c(C[C@H]3CC4CC[C@@H]3C4)nc2n(CCC)c1=O. The Labute approximate surface area is 147 Å². The Hall–Kier alpha value is -1.85. The lowest BCUT2D eigenvalue weighted by atomic mass is 9.86. The highest BCUT2D eigenvalue weighted by molar-refractivity contribution is 5.69. The molecule has 2 aliphatic carbocycles. The second-order valence-electron chi connectivity index (χ2n) is 7.91. The Morgan fingerprint density at radius 3 is 2.48 bits per heavy atom. The molecule has 2 fully saturated rings. The van der Waals surface area contributed by atoms with Crippen LogP contribution < -0.4 is 11.2 Å². The van der Waals surface area contributed by atoms with Gasteiger partial charge in [0, 0.05) is 19.5 Å². The summed E-state index contributed by atoms with van der Waals surface area (Å²) in [5.74, 6) is 3.29. The van der Waals surface area contributed by atoms with Crippen LogP contribution in [0.4, 0.5) is 0 Å². The second-order valence-corrected chi connectivity index (χ2v) is 7.91. The van der Waals surface area contributed by atoms with Crippen LogP contribution in [0.5, 0.6) is 0 Å². The number of hydrogen-bond acceptors (Lipinski definition) is 3. The van der Waals surface area contributed by atoms with Crippen LogP contribution >= 0.6 is 0 Å². The fourth-order valence-electron chi connectivity index (χ4n) is 5.03. The third-order valence-corrected chi connectivity index (χ3v) is 6.14. The van der Waals surface area contributed by atoms with Gasteiger partial charge in [-0.3, -0.25) is 13.9 Å². The normalized spacial score (nSPS) is 25.3. The minimum Gasteiger partial charge on any atom is -0.336 e. The number of nitrogens with zero attached hydrogens (tertiary/aromatic N) is 3. The Morgan fingerprint density at radius 2 is 1.84 bits per heavy atom. The molecule has 1 N–H and O–H groups in total. The molecule has 0 amide bonds. The fraction of sp³-hybridized carbons (Fsp3) is 0.737. The van der Waals surface area contributed by atoms with Gasteiger partial charge in [0.15, 0.2) is 5.65 Å². The predicted octanol–water partition coefficient (Wildman–Crippen LogP) is 2.69. The molecule has 0 saturated heterocycles. The van der Waals surface area contributed by atoms with Gasteiger partial charge in [-0.1, -0.05) is 20.3 Å². The standard InChI is InChI=1S/C19H28N4O2/c1-3-7-22-17-16(18(24)23(8-4-2)19(22)25)20-15(21-17)11-14-10-12-5-6-13(14)9-12/h12-14H,3-11H2,1-2H3,(H,20,21)/t12?,13-,14-/m1/s1. The monoisotopic (exact) mass is 344 g/mol. The van der Waals surface area contributed by atoms with E-state index in [1.165, 1.54) is 30.3 Å². The van der Waals surface area contributed by atoms with E-state index in [0.29, 0.717) is 30.2 Å². The first-order chi connectivity index (χ1) is 12.1. The van der Waals surface area contributed by atoms with Crippen LogP contribution in [-0.4, -0.2) is 19.1 Å². The van der Waals surface area contributed by atoms with Gasteiger partial charge in [-0.25, -0.2) is 9.78 Å². The van der Waals surface area contributed by atoms with Crippen molar-refractivity contribution in [3.05, 3.63) is 26.7 Å². The highest BCUT2D eigenvalue weighted by Gasteiger charge is 2.39. The summed E-state index contributed by atoms with van der Waals surface area (Å²) in [4.78, 5) is 33.4. The molecule has 25 heavy (non-hydrogen) atoms. The van der Waals surface area contributed by atoms with E-state index in [-0.39, 0.29) is 11.2 Å². The molecular weight excluding hydrogens is 316 g/mol. The van der Waals surface area contributed by atoms with Gasteiger partial charge in [-0.15, -0.1) is 0 Å². The maximum absolute atomic E-state index is 12.8. The highest BCUT2D eigenvalue weighted by atomic mass is 16.2. The number of H-pyrrole nitrogens is 1. The van der Waals surface area contributed by atoms with E-state index < -0.39 is 0 Å².